The molecule has 0 amide bonds. The Labute approximate surface area is 129 Å². The van der Waals surface area contributed by atoms with Gasteiger partial charge in [0.15, 0.2) is 0 Å². The van der Waals surface area contributed by atoms with Gasteiger partial charge in [-0.15, -0.1) is 0 Å². The second-order valence-electron chi connectivity index (χ2n) is 6.79. The Morgan fingerprint density at radius 2 is 2.14 bits per heavy atom. The molecule has 0 aromatic carbocycles. The number of hydrazine groups is 1. The number of nitrogens with two attached hydrogens (primary N) is 1. The largest absolute Gasteiger partial charge is 0.272 e. The van der Waals surface area contributed by atoms with Crippen molar-refractivity contribution in [2.45, 2.75) is 71.8 Å². The lowest BCUT2D eigenvalue weighted by Crippen LogP contribution is -2.43. The van der Waals surface area contributed by atoms with Crippen LogP contribution < -0.4 is 11.3 Å². The SMILES string of the molecule is CCC1CCCC(C(CCc2c(C)nn(C)c2C)NN)C1. The third-order valence-electron chi connectivity index (χ3n) is 5.55. The van der Waals surface area contributed by atoms with Crippen molar-refractivity contribution in [2.24, 2.45) is 24.7 Å². The van der Waals surface area contributed by atoms with Crippen LogP contribution in [0.25, 0.3) is 0 Å². The number of nitrogens with zero attached hydrogens (tertiary/aromatic N) is 2. The highest BCUT2D eigenvalue weighted by Gasteiger charge is 2.27. The highest BCUT2D eigenvalue weighted by molar-refractivity contribution is 5.24. The van der Waals surface area contributed by atoms with E-state index in [2.05, 4.69) is 31.3 Å². The Kier molecular flexibility index (Phi) is 5.82. The van der Waals surface area contributed by atoms with Crippen LogP contribution in [0.4, 0.5) is 0 Å². The summed E-state index contributed by atoms with van der Waals surface area (Å²) in [4.78, 5) is 0. The van der Waals surface area contributed by atoms with Gasteiger partial charge in [-0.05, 0) is 56.9 Å². The summed E-state index contributed by atoms with van der Waals surface area (Å²) in [7, 11) is 2.03. The van der Waals surface area contributed by atoms with Gasteiger partial charge in [0, 0.05) is 18.8 Å². The molecule has 120 valence electrons. The predicted octanol–water partition coefficient (Wildman–Crippen LogP) is 3.02. The molecular formula is C17H32N4. The van der Waals surface area contributed by atoms with Crippen molar-refractivity contribution in [3.63, 3.8) is 0 Å². The molecule has 1 saturated carbocycles. The quantitative estimate of drug-likeness (QED) is 0.626. The molecule has 4 nitrogen and oxygen atoms in total. The summed E-state index contributed by atoms with van der Waals surface area (Å²) in [5.74, 6) is 7.51. The molecule has 2 rings (SSSR count). The first-order valence-corrected chi connectivity index (χ1v) is 8.52. The van der Waals surface area contributed by atoms with Crippen LogP contribution >= 0.6 is 0 Å². The van der Waals surface area contributed by atoms with E-state index >= 15 is 0 Å². The first-order valence-electron chi connectivity index (χ1n) is 8.52. The second-order valence-corrected chi connectivity index (χ2v) is 6.79. The average molecular weight is 292 g/mol. The lowest BCUT2D eigenvalue weighted by molar-refractivity contribution is 0.202. The minimum absolute atomic E-state index is 0.443. The lowest BCUT2D eigenvalue weighted by Gasteiger charge is -2.34. The van der Waals surface area contributed by atoms with E-state index in [4.69, 9.17) is 5.84 Å². The van der Waals surface area contributed by atoms with Crippen LogP contribution in [0.2, 0.25) is 0 Å². The van der Waals surface area contributed by atoms with Crippen LogP contribution in [0.3, 0.4) is 0 Å². The first kappa shape index (κ1) is 16.5. The Morgan fingerprint density at radius 1 is 1.38 bits per heavy atom. The van der Waals surface area contributed by atoms with E-state index in [9.17, 15) is 0 Å². The molecule has 0 bridgehead atoms. The van der Waals surface area contributed by atoms with Gasteiger partial charge in [0.05, 0.1) is 5.69 Å². The zero-order chi connectivity index (χ0) is 15.4. The smallest absolute Gasteiger partial charge is 0.0628 e. The number of aryl methyl sites for hydroxylation is 2. The van der Waals surface area contributed by atoms with Crippen LogP contribution in [-0.4, -0.2) is 15.8 Å². The Bertz CT molecular complexity index is 452. The number of aromatic nitrogens is 2. The van der Waals surface area contributed by atoms with Gasteiger partial charge in [0.2, 0.25) is 0 Å². The van der Waals surface area contributed by atoms with E-state index in [1.54, 1.807) is 0 Å². The monoisotopic (exact) mass is 292 g/mol. The van der Waals surface area contributed by atoms with E-state index in [0.29, 0.717) is 6.04 Å². The maximum Gasteiger partial charge on any atom is 0.0628 e. The molecule has 0 aliphatic heterocycles. The summed E-state index contributed by atoms with van der Waals surface area (Å²) in [6.45, 7) is 6.59. The number of hydrogen-bond acceptors (Lipinski definition) is 3. The third kappa shape index (κ3) is 3.86. The molecule has 1 aromatic rings. The molecule has 4 heteroatoms. The van der Waals surface area contributed by atoms with Crippen LogP contribution in [0.5, 0.6) is 0 Å². The molecule has 1 heterocycles. The molecule has 1 aromatic heterocycles. The zero-order valence-corrected chi connectivity index (χ0v) is 14.2. The van der Waals surface area contributed by atoms with Crippen molar-refractivity contribution >= 4 is 0 Å². The summed E-state index contributed by atoms with van der Waals surface area (Å²) in [5.41, 5.74) is 6.97. The van der Waals surface area contributed by atoms with Crippen LogP contribution in [-0.2, 0) is 13.5 Å². The molecule has 1 aliphatic rings. The van der Waals surface area contributed by atoms with Gasteiger partial charge in [-0.2, -0.15) is 5.10 Å². The third-order valence-corrected chi connectivity index (χ3v) is 5.55. The van der Waals surface area contributed by atoms with Gasteiger partial charge in [-0.1, -0.05) is 26.2 Å². The normalized spacial score (nSPS) is 24.2. The number of rotatable bonds is 6. The maximum atomic E-state index is 5.87. The van der Waals surface area contributed by atoms with Crippen molar-refractivity contribution in [3.05, 3.63) is 17.0 Å². The fourth-order valence-electron chi connectivity index (χ4n) is 4.00. The van der Waals surface area contributed by atoms with E-state index in [0.717, 1.165) is 24.7 Å². The number of nitrogens with one attached hydrogen (secondary N) is 1. The van der Waals surface area contributed by atoms with E-state index in [1.807, 2.05) is 11.7 Å². The lowest BCUT2D eigenvalue weighted by atomic mass is 9.76. The molecule has 0 spiro atoms. The molecule has 0 saturated heterocycles. The summed E-state index contributed by atoms with van der Waals surface area (Å²) in [6, 6.07) is 0.443. The minimum Gasteiger partial charge on any atom is -0.272 e. The molecule has 1 fully saturated rings. The standard InChI is InChI=1S/C17H32N4/c1-5-14-7-6-8-15(11-14)17(19-18)10-9-16-12(2)20-21(4)13(16)3/h14-15,17,19H,5-11,18H2,1-4H3. The van der Waals surface area contributed by atoms with Crippen molar-refractivity contribution in [1.82, 2.24) is 15.2 Å². The number of hydrogen-bond donors (Lipinski definition) is 2. The van der Waals surface area contributed by atoms with Gasteiger partial charge in [-0.3, -0.25) is 16.0 Å². The van der Waals surface area contributed by atoms with Gasteiger partial charge in [0.25, 0.3) is 0 Å². The fraction of sp³-hybridized carbons (Fsp3) is 0.824. The summed E-state index contributed by atoms with van der Waals surface area (Å²) in [6.07, 6.45) is 8.96. The topological polar surface area (TPSA) is 55.9 Å². The molecule has 3 unspecified atom stereocenters. The highest BCUT2D eigenvalue weighted by atomic mass is 15.3. The molecule has 3 N–H and O–H groups in total. The molecule has 1 aliphatic carbocycles. The highest BCUT2D eigenvalue weighted by Crippen LogP contribution is 2.34. The molecule has 0 radical (unpaired) electrons. The van der Waals surface area contributed by atoms with Crippen molar-refractivity contribution in [3.8, 4) is 0 Å². The van der Waals surface area contributed by atoms with Crippen molar-refractivity contribution in [2.75, 3.05) is 0 Å². The van der Waals surface area contributed by atoms with Gasteiger partial charge >= 0.3 is 0 Å². The summed E-state index contributed by atoms with van der Waals surface area (Å²) in [5, 5.41) is 4.52. The molecular weight excluding hydrogens is 260 g/mol. The minimum atomic E-state index is 0.443. The van der Waals surface area contributed by atoms with Crippen molar-refractivity contribution in [1.29, 1.82) is 0 Å². The van der Waals surface area contributed by atoms with E-state index < -0.39 is 0 Å². The second kappa shape index (κ2) is 7.41. The van der Waals surface area contributed by atoms with E-state index in [1.165, 1.54) is 49.1 Å². The predicted molar refractivity (Wildman–Crippen MR) is 87.9 cm³/mol. The molecule has 3 atom stereocenters. The maximum absolute atomic E-state index is 5.87. The first-order chi connectivity index (χ1) is 10.1. The molecule has 21 heavy (non-hydrogen) atoms. The van der Waals surface area contributed by atoms with Crippen LogP contribution in [0.15, 0.2) is 0 Å². The summed E-state index contributed by atoms with van der Waals surface area (Å²) >= 11 is 0. The van der Waals surface area contributed by atoms with Crippen LogP contribution in [0, 0.1) is 25.7 Å². The van der Waals surface area contributed by atoms with Gasteiger partial charge in [-0.25, -0.2) is 0 Å². The van der Waals surface area contributed by atoms with Gasteiger partial charge in [0.1, 0.15) is 0 Å². The Hall–Kier alpha value is -0.870. The fourth-order valence-corrected chi connectivity index (χ4v) is 4.00. The van der Waals surface area contributed by atoms with E-state index in [-0.39, 0.29) is 0 Å². The Morgan fingerprint density at radius 3 is 2.71 bits per heavy atom. The summed E-state index contributed by atoms with van der Waals surface area (Å²) < 4.78 is 1.99. The van der Waals surface area contributed by atoms with Crippen LogP contribution in [0.1, 0.15) is 62.4 Å². The van der Waals surface area contributed by atoms with Gasteiger partial charge < -0.3 is 0 Å². The average Bonchev–Trinajstić information content (AvgIpc) is 2.74. The Balaban J connectivity index is 1.96. The zero-order valence-electron chi connectivity index (χ0n) is 14.2. The van der Waals surface area contributed by atoms with Crippen molar-refractivity contribution < 1.29 is 0 Å².